The van der Waals surface area contributed by atoms with E-state index in [1.165, 1.54) is 35.8 Å². The van der Waals surface area contributed by atoms with Gasteiger partial charge in [0.15, 0.2) is 0 Å². The summed E-state index contributed by atoms with van der Waals surface area (Å²) in [6.45, 7) is -0.0477. The van der Waals surface area contributed by atoms with Crippen LogP contribution in [0.3, 0.4) is 0 Å². The van der Waals surface area contributed by atoms with Gasteiger partial charge in [-0.3, -0.25) is 30.4 Å². The van der Waals surface area contributed by atoms with Crippen molar-refractivity contribution in [2.24, 2.45) is 5.92 Å². The van der Waals surface area contributed by atoms with E-state index in [-0.39, 0.29) is 23.6 Å². The van der Waals surface area contributed by atoms with Gasteiger partial charge in [-0.1, -0.05) is 12.1 Å². The molecule has 0 aromatic heterocycles. The number of urea groups is 1. The van der Waals surface area contributed by atoms with Crippen molar-refractivity contribution in [2.45, 2.75) is 17.7 Å². The normalized spacial score (nSPS) is 28.3. The quantitative estimate of drug-likeness (QED) is 0.480. The largest absolute Gasteiger partial charge is 0.396 e. The molecule has 4 unspecified atom stereocenters. The van der Waals surface area contributed by atoms with E-state index < -0.39 is 29.2 Å². The van der Waals surface area contributed by atoms with Crippen molar-refractivity contribution in [3.8, 4) is 0 Å². The molecule has 2 fully saturated rings. The number of benzene rings is 1. The molecule has 1 aromatic rings. The van der Waals surface area contributed by atoms with E-state index in [0.29, 0.717) is 11.3 Å². The number of hydrogen-bond donors (Lipinski definition) is 3. The second-order valence-electron chi connectivity index (χ2n) is 6.39. The Bertz CT molecular complexity index is 762. The first-order valence-corrected chi connectivity index (χ1v) is 9.43. The molecule has 3 amide bonds. The number of carbonyl (C=O) groups excluding carboxylic acids is 2. The number of nitrogens with zero attached hydrogens (tertiary/aromatic N) is 3. The molecule has 11 heteroatoms. The molecule has 27 heavy (non-hydrogen) atoms. The number of non-ortho nitro benzene ring substituents is 1. The molecular formula is C16H21N5O5S. The standard InChI is InChI=1S/C16H21N5O5S/c1-19-13-11(15(23)20(2)16(19)24)14(27-7-6-22)18-12(17-13)9-4-3-5-10(8-9)21(25)26/h3-5,8,11-14,17-18,22H,6-7H2,1-2H3. The number of carbonyl (C=O) groups is 2. The number of nitro benzene ring substituents is 1. The van der Waals surface area contributed by atoms with E-state index >= 15 is 0 Å². The summed E-state index contributed by atoms with van der Waals surface area (Å²) in [6.07, 6.45) is -1.06. The van der Waals surface area contributed by atoms with Crippen molar-refractivity contribution in [3.05, 3.63) is 39.9 Å². The third-order valence-corrected chi connectivity index (χ3v) is 5.97. The smallest absolute Gasteiger partial charge is 0.327 e. The van der Waals surface area contributed by atoms with Gasteiger partial charge in [0.2, 0.25) is 5.91 Å². The summed E-state index contributed by atoms with van der Waals surface area (Å²) in [5.74, 6) is -0.447. The zero-order valence-corrected chi connectivity index (χ0v) is 15.7. The van der Waals surface area contributed by atoms with Crippen LogP contribution in [0.15, 0.2) is 24.3 Å². The maximum atomic E-state index is 12.7. The zero-order valence-electron chi connectivity index (χ0n) is 14.9. The highest BCUT2D eigenvalue weighted by Gasteiger charge is 2.50. The second-order valence-corrected chi connectivity index (χ2v) is 7.64. The zero-order chi connectivity index (χ0) is 19.7. The molecule has 1 aromatic carbocycles. The summed E-state index contributed by atoms with van der Waals surface area (Å²) in [5, 5.41) is 26.4. The van der Waals surface area contributed by atoms with Gasteiger partial charge in [0, 0.05) is 32.0 Å². The average Bonchev–Trinajstić information content (AvgIpc) is 2.68. The van der Waals surface area contributed by atoms with E-state index in [0.717, 1.165) is 4.90 Å². The van der Waals surface area contributed by atoms with Gasteiger partial charge in [-0.25, -0.2) is 4.79 Å². The van der Waals surface area contributed by atoms with Crippen LogP contribution in [0.2, 0.25) is 0 Å². The number of nitrogens with one attached hydrogen (secondary N) is 2. The summed E-state index contributed by atoms with van der Waals surface area (Å²) in [6, 6.07) is 5.77. The molecule has 3 N–H and O–H groups in total. The van der Waals surface area contributed by atoms with Gasteiger partial charge in [-0.15, -0.1) is 11.8 Å². The molecule has 146 valence electrons. The second kappa shape index (κ2) is 7.80. The minimum Gasteiger partial charge on any atom is -0.396 e. The van der Waals surface area contributed by atoms with Gasteiger partial charge in [-0.2, -0.15) is 0 Å². The number of aliphatic hydroxyl groups excluding tert-OH is 1. The molecule has 0 spiro atoms. The number of nitro groups is 1. The molecule has 0 aliphatic carbocycles. The Morgan fingerprint density at radius 3 is 2.70 bits per heavy atom. The first-order valence-electron chi connectivity index (χ1n) is 8.38. The highest BCUT2D eigenvalue weighted by atomic mass is 32.2. The van der Waals surface area contributed by atoms with Crippen molar-refractivity contribution in [3.63, 3.8) is 0 Å². The van der Waals surface area contributed by atoms with Crippen LogP contribution in [0.25, 0.3) is 0 Å². The summed E-state index contributed by atoms with van der Waals surface area (Å²) < 4.78 is 0. The van der Waals surface area contributed by atoms with E-state index in [1.807, 2.05) is 0 Å². The van der Waals surface area contributed by atoms with Crippen LogP contribution in [-0.4, -0.2) is 69.8 Å². The Morgan fingerprint density at radius 1 is 1.30 bits per heavy atom. The predicted octanol–water partition coefficient (Wildman–Crippen LogP) is 0.304. The fourth-order valence-corrected chi connectivity index (χ4v) is 4.45. The molecule has 10 nitrogen and oxygen atoms in total. The number of hydrogen-bond acceptors (Lipinski definition) is 8. The van der Waals surface area contributed by atoms with Crippen molar-refractivity contribution in [1.29, 1.82) is 0 Å². The number of amides is 3. The van der Waals surface area contributed by atoms with Gasteiger partial charge in [0.1, 0.15) is 0 Å². The van der Waals surface area contributed by atoms with Crippen LogP contribution in [0.1, 0.15) is 11.7 Å². The van der Waals surface area contributed by atoms with Crippen LogP contribution in [0.5, 0.6) is 0 Å². The van der Waals surface area contributed by atoms with Crippen LogP contribution in [-0.2, 0) is 4.79 Å². The summed E-state index contributed by atoms with van der Waals surface area (Å²) >= 11 is 1.38. The maximum absolute atomic E-state index is 12.7. The molecule has 2 saturated heterocycles. The minimum absolute atomic E-state index is 0.0401. The fourth-order valence-electron chi connectivity index (χ4n) is 3.39. The van der Waals surface area contributed by atoms with Gasteiger partial charge in [0.25, 0.3) is 5.69 Å². The Balaban J connectivity index is 1.93. The molecule has 0 saturated carbocycles. The summed E-state index contributed by atoms with van der Waals surface area (Å²) in [5.41, 5.74) is 0.589. The van der Waals surface area contributed by atoms with E-state index in [2.05, 4.69) is 10.6 Å². The first kappa shape index (κ1) is 19.5. The average molecular weight is 395 g/mol. The monoisotopic (exact) mass is 395 g/mol. The van der Waals surface area contributed by atoms with Crippen LogP contribution >= 0.6 is 11.8 Å². The lowest BCUT2D eigenvalue weighted by molar-refractivity contribution is -0.384. The van der Waals surface area contributed by atoms with Gasteiger partial charge in [0.05, 0.1) is 35.2 Å². The Hall–Kier alpha value is -2.21. The van der Waals surface area contributed by atoms with Crippen LogP contribution in [0, 0.1) is 16.0 Å². The van der Waals surface area contributed by atoms with Gasteiger partial charge < -0.3 is 10.0 Å². The summed E-state index contributed by atoms with van der Waals surface area (Å²) in [7, 11) is 3.05. The van der Waals surface area contributed by atoms with E-state index in [1.54, 1.807) is 19.2 Å². The number of thioether (sulfide) groups is 1. The molecule has 3 rings (SSSR count). The van der Waals surface area contributed by atoms with E-state index in [4.69, 9.17) is 0 Å². The molecule has 4 atom stereocenters. The SMILES string of the molecule is CN1C(=O)C2C(SCCO)NC(c3cccc([N+](=O)[O-])c3)NC2N(C)C1=O. The maximum Gasteiger partial charge on any atom is 0.327 e. The van der Waals surface area contributed by atoms with Crippen LogP contribution < -0.4 is 10.6 Å². The first-order chi connectivity index (χ1) is 12.8. The third kappa shape index (κ3) is 3.63. The lowest BCUT2D eigenvalue weighted by Crippen LogP contribution is -2.72. The van der Waals surface area contributed by atoms with Crippen molar-refractivity contribution < 1.29 is 19.6 Å². The fraction of sp³-hybridized carbons (Fsp3) is 0.500. The van der Waals surface area contributed by atoms with Crippen molar-refractivity contribution in [2.75, 3.05) is 26.5 Å². The Kier molecular flexibility index (Phi) is 5.65. The predicted molar refractivity (Wildman–Crippen MR) is 98.6 cm³/mol. The third-order valence-electron chi connectivity index (χ3n) is 4.76. The summed E-state index contributed by atoms with van der Waals surface area (Å²) in [4.78, 5) is 38.2. The van der Waals surface area contributed by atoms with E-state index in [9.17, 15) is 24.8 Å². The number of rotatable bonds is 5. The molecule has 2 aliphatic rings. The highest BCUT2D eigenvalue weighted by molar-refractivity contribution is 7.99. The van der Waals surface area contributed by atoms with Gasteiger partial charge >= 0.3 is 6.03 Å². The molecule has 2 heterocycles. The Morgan fingerprint density at radius 2 is 2.04 bits per heavy atom. The lowest BCUT2D eigenvalue weighted by atomic mass is 9.96. The van der Waals surface area contributed by atoms with Crippen LogP contribution in [0.4, 0.5) is 10.5 Å². The molecule has 0 bridgehead atoms. The Labute approximate surface area is 160 Å². The number of fused-ring (bicyclic) bond motifs is 1. The topological polar surface area (TPSA) is 128 Å². The van der Waals surface area contributed by atoms with Crippen molar-refractivity contribution in [1.82, 2.24) is 20.4 Å². The molecule has 2 aliphatic heterocycles. The molecular weight excluding hydrogens is 374 g/mol. The number of imide groups is 1. The number of aliphatic hydroxyl groups is 1. The minimum atomic E-state index is -0.567. The van der Waals surface area contributed by atoms with Crippen molar-refractivity contribution >= 4 is 29.4 Å². The molecule has 0 radical (unpaired) electrons. The van der Waals surface area contributed by atoms with Gasteiger partial charge in [-0.05, 0) is 5.56 Å². The lowest BCUT2D eigenvalue weighted by Gasteiger charge is -2.50. The highest BCUT2D eigenvalue weighted by Crippen LogP contribution is 2.34.